The van der Waals surface area contributed by atoms with E-state index in [2.05, 4.69) is 10.3 Å². The number of hydrogen-bond donors (Lipinski definition) is 1. The van der Waals surface area contributed by atoms with Crippen molar-refractivity contribution in [2.45, 2.75) is 19.0 Å². The van der Waals surface area contributed by atoms with Gasteiger partial charge in [-0.05, 0) is 36.8 Å². The fourth-order valence-corrected chi connectivity index (χ4v) is 3.75. The van der Waals surface area contributed by atoms with Crippen molar-refractivity contribution in [1.29, 1.82) is 5.26 Å². The number of nitrogens with one attached hydrogen (secondary N) is 1. The molecule has 27 heavy (non-hydrogen) atoms. The number of carbonyl (C=O) groups excluding carboxylic acids is 2. The molecule has 0 saturated carbocycles. The van der Waals surface area contributed by atoms with Crippen LogP contribution in [0, 0.1) is 11.3 Å². The third kappa shape index (κ3) is 2.88. The predicted octanol–water partition coefficient (Wildman–Crippen LogP) is 3.24. The third-order valence-electron chi connectivity index (χ3n) is 4.47. The van der Waals surface area contributed by atoms with E-state index in [1.54, 1.807) is 55.0 Å². The number of carbonyl (C=O) groups is 2. The number of thiazole rings is 1. The molecule has 1 atom stereocenters. The van der Waals surface area contributed by atoms with Crippen LogP contribution in [0.4, 0.5) is 4.79 Å². The van der Waals surface area contributed by atoms with Crippen LogP contribution in [0.25, 0.3) is 10.8 Å². The fraction of sp³-hybridized carbons (Fsp3) is 0.158. The Labute approximate surface area is 158 Å². The predicted molar refractivity (Wildman–Crippen MR) is 97.4 cm³/mol. The largest absolute Gasteiger partial charge is 0.462 e. The van der Waals surface area contributed by atoms with Gasteiger partial charge in [-0.15, -0.1) is 11.3 Å². The molecule has 4 rings (SSSR count). The Morgan fingerprint density at radius 3 is 2.74 bits per heavy atom. The van der Waals surface area contributed by atoms with Crippen molar-refractivity contribution < 1.29 is 14.0 Å². The highest BCUT2D eigenvalue weighted by molar-refractivity contribution is 7.13. The molecule has 134 valence electrons. The van der Waals surface area contributed by atoms with E-state index in [0.717, 1.165) is 4.90 Å². The molecule has 3 heterocycles. The molecule has 0 bridgehead atoms. The number of amides is 3. The van der Waals surface area contributed by atoms with Gasteiger partial charge < -0.3 is 9.73 Å². The maximum atomic E-state index is 13.0. The maximum absolute atomic E-state index is 13.0. The van der Waals surface area contributed by atoms with Crippen molar-refractivity contribution in [3.8, 4) is 16.8 Å². The number of hydrogen-bond acceptors (Lipinski definition) is 6. The molecule has 1 N–H and O–H groups in total. The lowest BCUT2D eigenvalue weighted by atomic mass is 9.91. The molecule has 1 aliphatic heterocycles. The summed E-state index contributed by atoms with van der Waals surface area (Å²) >= 11 is 1.39. The lowest BCUT2D eigenvalue weighted by molar-refractivity contribution is -0.131. The first-order valence-electron chi connectivity index (χ1n) is 8.14. The van der Waals surface area contributed by atoms with Crippen molar-refractivity contribution >= 4 is 23.3 Å². The van der Waals surface area contributed by atoms with Gasteiger partial charge in [0.15, 0.2) is 10.8 Å². The molecule has 1 aliphatic rings. The molecule has 1 unspecified atom stereocenters. The monoisotopic (exact) mass is 378 g/mol. The zero-order valence-corrected chi connectivity index (χ0v) is 15.1. The van der Waals surface area contributed by atoms with Crippen molar-refractivity contribution in [3.05, 3.63) is 64.9 Å². The summed E-state index contributed by atoms with van der Waals surface area (Å²) in [6.07, 6.45) is 1.57. The number of nitriles is 1. The van der Waals surface area contributed by atoms with Crippen molar-refractivity contribution in [2.75, 3.05) is 0 Å². The summed E-state index contributed by atoms with van der Waals surface area (Å²) in [5.74, 6) is 0.288. The first-order valence-corrected chi connectivity index (χ1v) is 9.02. The first-order chi connectivity index (χ1) is 13.0. The van der Waals surface area contributed by atoms with E-state index < -0.39 is 11.6 Å². The molecule has 3 aromatic rings. The lowest BCUT2D eigenvalue weighted by Gasteiger charge is -2.22. The molecular weight excluding hydrogens is 364 g/mol. The van der Waals surface area contributed by atoms with E-state index in [-0.39, 0.29) is 12.5 Å². The molecule has 1 fully saturated rings. The van der Waals surface area contributed by atoms with E-state index in [1.807, 2.05) is 6.07 Å². The molecule has 0 aliphatic carbocycles. The first kappa shape index (κ1) is 17.0. The second-order valence-corrected chi connectivity index (χ2v) is 7.12. The number of nitrogens with zero attached hydrogens (tertiary/aromatic N) is 3. The van der Waals surface area contributed by atoms with Crippen LogP contribution in [-0.4, -0.2) is 21.8 Å². The molecule has 1 saturated heterocycles. The van der Waals surface area contributed by atoms with Crippen LogP contribution in [0.15, 0.2) is 52.5 Å². The van der Waals surface area contributed by atoms with Gasteiger partial charge in [0, 0.05) is 5.38 Å². The molecule has 8 heteroatoms. The molecule has 3 amide bonds. The average molecular weight is 378 g/mol. The molecule has 0 spiro atoms. The van der Waals surface area contributed by atoms with Gasteiger partial charge in [-0.1, -0.05) is 12.1 Å². The van der Waals surface area contributed by atoms with Crippen LogP contribution < -0.4 is 5.32 Å². The van der Waals surface area contributed by atoms with Gasteiger partial charge >= 0.3 is 6.03 Å². The Kier molecular flexibility index (Phi) is 4.01. The Balaban J connectivity index is 1.57. The van der Waals surface area contributed by atoms with E-state index in [4.69, 9.17) is 9.68 Å². The summed E-state index contributed by atoms with van der Waals surface area (Å²) in [4.78, 5) is 31.0. The zero-order chi connectivity index (χ0) is 19.0. The number of aromatic nitrogens is 1. The van der Waals surface area contributed by atoms with Gasteiger partial charge in [0.05, 0.1) is 30.1 Å². The molecule has 0 radical (unpaired) electrons. The normalized spacial score (nSPS) is 19.2. The summed E-state index contributed by atoms with van der Waals surface area (Å²) in [5, 5.41) is 14.2. The zero-order valence-electron chi connectivity index (χ0n) is 14.3. The summed E-state index contributed by atoms with van der Waals surface area (Å²) in [6.45, 7) is 1.73. The van der Waals surface area contributed by atoms with Crippen LogP contribution in [0.3, 0.4) is 0 Å². The highest BCUT2D eigenvalue weighted by Crippen LogP contribution is 2.31. The fourth-order valence-electron chi connectivity index (χ4n) is 2.97. The molecular formula is C19H14N4O3S. The van der Waals surface area contributed by atoms with Crippen LogP contribution in [-0.2, 0) is 16.9 Å². The Morgan fingerprint density at radius 2 is 2.07 bits per heavy atom. The van der Waals surface area contributed by atoms with E-state index in [1.165, 1.54) is 11.3 Å². The second-order valence-electron chi connectivity index (χ2n) is 6.26. The van der Waals surface area contributed by atoms with Gasteiger partial charge in [-0.2, -0.15) is 5.26 Å². The van der Waals surface area contributed by atoms with Crippen LogP contribution in [0.1, 0.15) is 23.7 Å². The highest BCUT2D eigenvalue weighted by atomic mass is 32.1. The van der Waals surface area contributed by atoms with Crippen LogP contribution >= 0.6 is 11.3 Å². The minimum Gasteiger partial charge on any atom is -0.462 e. The topological polar surface area (TPSA) is 99.2 Å². The smallest absolute Gasteiger partial charge is 0.325 e. The number of urea groups is 1. The summed E-state index contributed by atoms with van der Waals surface area (Å²) in [5.41, 5.74) is 0.546. The standard InChI is InChI=1S/C19H14N4O3S/c1-19(13-6-4-12(9-20)5-7-13)17(24)23(18(25)22-19)10-14-11-27-16(21-14)15-3-2-8-26-15/h2-8,11H,10H2,1H3,(H,22,25). The average Bonchev–Trinajstić information content (AvgIpc) is 3.40. The minimum absolute atomic E-state index is 0.0771. The maximum Gasteiger partial charge on any atom is 0.325 e. The van der Waals surface area contributed by atoms with Gasteiger partial charge in [-0.3, -0.25) is 9.69 Å². The van der Waals surface area contributed by atoms with Gasteiger partial charge in [-0.25, -0.2) is 9.78 Å². The van der Waals surface area contributed by atoms with E-state index in [0.29, 0.717) is 27.6 Å². The third-order valence-corrected chi connectivity index (χ3v) is 5.38. The summed E-state index contributed by atoms with van der Waals surface area (Å²) < 4.78 is 5.32. The number of rotatable bonds is 4. The number of benzene rings is 1. The van der Waals surface area contributed by atoms with Crippen molar-refractivity contribution in [1.82, 2.24) is 15.2 Å². The number of imide groups is 1. The Bertz CT molecular complexity index is 1050. The van der Waals surface area contributed by atoms with E-state index in [9.17, 15) is 9.59 Å². The highest BCUT2D eigenvalue weighted by Gasteiger charge is 2.49. The van der Waals surface area contributed by atoms with Crippen LogP contribution in [0.2, 0.25) is 0 Å². The molecule has 1 aromatic carbocycles. The Hall–Kier alpha value is -3.44. The van der Waals surface area contributed by atoms with Gasteiger partial charge in [0.2, 0.25) is 0 Å². The van der Waals surface area contributed by atoms with Crippen LogP contribution in [0.5, 0.6) is 0 Å². The second kappa shape index (κ2) is 6.37. The minimum atomic E-state index is -1.18. The van der Waals surface area contributed by atoms with E-state index >= 15 is 0 Å². The SMILES string of the molecule is CC1(c2ccc(C#N)cc2)NC(=O)N(Cc2csc(-c3ccco3)n2)C1=O. The molecule has 2 aromatic heterocycles. The Morgan fingerprint density at radius 1 is 1.30 bits per heavy atom. The summed E-state index contributed by atoms with van der Waals surface area (Å²) in [6, 6.07) is 11.7. The quantitative estimate of drug-likeness (QED) is 0.703. The summed E-state index contributed by atoms with van der Waals surface area (Å²) in [7, 11) is 0. The lowest BCUT2D eigenvalue weighted by Crippen LogP contribution is -2.40. The van der Waals surface area contributed by atoms with Gasteiger partial charge in [0.1, 0.15) is 5.54 Å². The van der Waals surface area contributed by atoms with Crippen molar-refractivity contribution in [3.63, 3.8) is 0 Å². The molecule has 7 nitrogen and oxygen atoms in total. The number of furan rings is 1. The van der Waals surface area contributed by atoms with Gasteiger partial charge in [0.25, 0.3) is 5.91 Å². The van der Waals surface area contributed by atoms with Crippen molar-refractivity contribution in [2.24, 2.45) is 0 Å².